The van der Waals surface area contributed by atoms with Crippen LogP contribution in [0.2, 0.25) is 0 Å². The molecule has 34 heavy (non-hydrogen) atoms. The molecule has 10 heteroatoms. The van der Waals surface area contributed by atoms with Crippen molar-refractivity contribution in [2.45, 2.75) is 44.6 Å². The molecule has 0 saturated carbocycles. The third-order valence-electron chi connectivity index (χ3n) is 5.90. The number of imidazole rings is 1. The number of benzene rings is 2. The summed E-state index contributed by atoms with van der Waals surface area (Å²) in [5.74, 6) is 0.0664. The van der Waals surface area contributed by atoms with Crippen LogP contribution < -0.4 is 5.32 Å². The molecule has 2 aromatic carbocycles. The minimum Gasteiger partial charge on any atom is -0.379 e. The molecule has 1 aromatic heterocycles. The summed E-state index contributed by atoms with van der Waals surface area (Å²) in [5, 5.41) is 2.76. The summed E-state index contributed by atoms with van der Waals surface area (Å²) < 4.78 is 48.3. The predicted octanol–water partition coefficient (Wildman–Crippen LogP) is 3.49. The quantitative estimate of drug-likeness (QED) is 0.524. The second-order valence-corrected chi connectivity index (χ2v) is 10.3. The minimum absolute atomic E-state index is 0.169. The van der Waals surface area contributed by atoms with Gasteiger partial charge in [0.05, 0.1) is 29.1 Å². The fourth-order valence-electron chi connectivity index (χ4n) is 4.09. The Morgan fingerprint density at radius 2 is 1.94 bits per heavy atom. The smallest absolute Gasteiger partial charge is 0.243 e. The van der Waals surface area contributed by atoms with Crippen molar-refractivity contribution in [2.75, 3.05) is 31.6 Å². The number of halogens is 1. The summed E-state index contributed by atoms with van der Waals surface area (Å²) >= 11 is 0. The number of aromatic nitrogens is 2. The molecule has 182 valence electrons. The zero-order valence-electron chi connectivity index (χ0n) is 19.4. The minimum atomic E-state index is -3.63. The highest BCUT2D eigenvalue weighted by molar-refractivity contribution is 7.89. The molecule has 1 aliphatic heterocycles. The van der Waals surface area contributed by atoms with E-state index < -0.39 is 15.8 Å². The van der Waals surface area contributed by atoms with Crippen LogP contribution in [0.4, 0.5) is 10.1 Å². The van der Waals surface area contributed by atoms with Crippen molar-refractivity contribution in [2.24, 2.45) is 0 Å². The molecule has 0 radical (unpaired) electrons. The molecule has 1 saturated heterocycles. The van der Waals surface area contributed by atoms with E-state index >= 15 is 0 Å². The topological polar surface area (TPSA) is 93.5 Å². The van der Waals surface area contributed by atoms with Gasteiger partial charge in [-0.1, -0.05) is 13.0 Å². The molecule has 1 N–H and O–H groups in total. The van der Waals surface area contributed by atoms with E-state index in [0.717, 1.165) is 17.5 Å². The number of hydrogen-bond acceptors (Lipinski definition) is 5. The Hall–Kier alpha value is -2.82. The number of carbonyl (C=O) groups is 1. The van der Waals surface area contributed by atoms with Gasteiger partial charge in [0.2, 0.25) is 15.9 Å². The van der Waals surface area contributed by atoms with E-state index in [-0.39, 0.29) is 17.2 Å². The van der Waals surface area contributed by atoms with Crippen LogP contribution in [0.15, 0.2) is 41.3 Å². The maximum absolute atomic E-state index is 13.5. The molecule has 0 spiro atoms. The molecule has 0 atom stereocenters. The molecule has 2 heterocycles. The van der Waals surface area contributed by atoms with Crippen molar-refractivity contribution in [3.05, 3.63) is 53.6 Å². The van der Waals surface area contributed by atoms with Gasteiger partial charge in [-0.05, 0) is 49.2 Å². The highest BCUT2D eigenvalue weighted by Crippen LogP contribution is 2.25. The number of nitrogens with one attached hydrogen (secondary N) is 1. The normalized spacial score (nSPS) is 15.0. The number of nitrogens with zero attached hydrogens (tertiary/aromatic N) is 3. The molecule has 1 aliphatic rings. The zero-order chi connectivity index (χ0) is 24.3. The van der Waals surface area contributed by atoms with E-state index in [1.807, 2.05) is 11.5 Å². The average Bonchev–Trinajstić information content (AvgIpc) is 3.17. The number of fused-ring (bicyclic) bond motifs is 1. The van der Waals surface area contributed by atoms with Crippen LogP contribution in [0, 0.1) is 12.7 Å². The first-order valence-corrected chi connectivity index (χ1v) is 12.9. The fourth-order valence-corrected chi connectivity index (χ4v) is 5.52. The van der Waals surface area contributed by atoms with Gasteiger partial charge in [0.1, 0.15) is 11.6 Å². The fraction of sp³-hybridized carbons (Fsp3) is 0.417. The third-order valence-corrected chi connectivity index (χ3v) is 7.80. The van der Waals surface area contributed by atoms with Gasteiger partial charge in [-0.3, -0.25) is 4.79 Å². The molecule has 1 amide bonds. The lowest BCUT2D eigenvalue weighted by Crippen LogP contribution is -2.40. The molecule has 3 aromatic rings. The lowest BCUT2D eigenvalue weighted by atomic mass is 10.2. The highest BCUT2D eigenvalue weighted by Gasteiger charge is 2.27. The summed E-state index contributed by atoms with van der Waals surface area (Å²) in [4.78, 5) is 17.4. The van der Waals surface area contributed by atoms with Gasteiger partial charge in [-0.2, -0.15) is 4.31 Å². The van der Waals surface area contributed by atoms with Crippen LogP contribution in [0.5, 0.6) is 0 Å². The highest BCUT2D eigenvalue weighted by atomic mass is 32.2. The number of morpholine rings is 1. The Morgan fingerprint density at radius 3 is 2.68 bits per heavy atom. The number of aryl methyl sites for hydroxylation is 3. The molecule has 0 unspecified atom stereocenters. The summed E-state index contributed by atoms with van der Waals surface area (Å²) in [6, 6.07) is 9.27. The van der Waals surface area contributed by atoms with E-state index in [9.17, 15) is 17.6 Å². The monoisotopic (exact) mass is 488 g/mol. The number of sulfonamides is 1. The van der Waals surface area contributed by atoms with Gasteiger partial charge in [0.15, 0.2) is 0 Å². The first-order chi connectivity index (χ1) is 16.3. The Labute approximate surface area is 198 Å². The SMILES string of the molecule is CCCn1c(CCC(=O)Nc2cc(F)ccc2C)nc2cc(S(=O)(=O)N3CCOCC3)ccc21. The first-order valence-electron chi connectivity index (χ1n) is 11.4. The van der Waals surface area contributed by atoms with Gasteiger partial charge in [-0.15, -0.1) is 0 Å². The Balaban J connectivity index is 1.55. The molecule has 1 fully saturated rings. The van der Waals surface area contributed by atoms with Crippen molar-refractivity contribution in [1.29, 1.82) is 0 Å². The first kappa shape index (κ1) is 24.3. The summed E-state index contributed by atoms with van der Waals surface area (Å²) in [6.45, 7) is 5.98. The number of carbonyl (C=O) groups excluding carboxylic acids is 1. The molecule has 0 aliphatic carbocycles. The summed E-state index contributed by atoms with van der Waals surface area (Å²) in [6.07, 6.45) is 1.41. The maximum Gasteiger partial charge on any atom is 0.243 e. The van der Waals surface area contributed by atoms with Crippen LogP contribution in [0.3, 0.4) is 0 Å². The number of ether oxygens (including phenoxy) is 1. The van der Waals surface area contributed by atoms with Crippen LogP contribution in [-0.4, -0.2) is 54.5 Å². The lowest BCUT2D eigenvalue weighted by molar-refractivity contribution is -0.116. The zero-order valence-corrected chi connectivity index (χ0v) is 20.2. The van der Waals surface area contributed by atoms with Crippen molar-refractivity contribution >= 4 is 32.7 Å². The Morgan fingerprint density at radius 1 is 1.18 bits per heavy atom. The summed E-state index contributed by atoms with van der Waals surface area (Å²) in [7, 11) is -3.63. The third kappa shape index (κ3) is 5.13. The maximum atomic E-state index is 13.5. The van der Waals surface area contributed by atoms with Crippen LogP contribution in [0.25, 0.3) is 11.0 Å². The summed E-state index contributed by atoms with van der Waals surface area (Å²) in [5.41, 5.74) is 2.64. The van der Waals surface area contributed by atoms with E-state index in [4.69, 9.17) is 4.74 Å². The number of anilines is 1. The van der Waals surface area contributed by atoms with E-state index in [2.05, 4.69) is 10.3 Å². The van der Waals surface area contributed by atoms with Crippen LogP contribution in [0.1, 0.15) is 31.2 Å². The Kier molecular flexibility index (Phi) is 7.30. The number of hydrogen-bond donors (Lipinski definition) is 1. The van der Waals surface area contributed by atoms with E-state index in [1.165, 1.54) is 16.4 Å². The van der Waals surface area contributed by atoms with Gasteiger partial charge >= 0.3 is 0 Å². The molecule has 0 bridgehead atoms. The van der Waals surface area contributed by atoms with Crippen molar-refractivity contribution in [3.63, 3.8) is 0 Å². The van der Waals surface area contributed by atoms with Gasteiger partial charge in [0, 0.05) is 38.2 Å². The Bertz CT molecular complexity index is 1300. The van der Waals surface area contributed by atoms with E-state index in [1.54, 1.807) is 31.2 Å². The molecular formula is C24H29FN4O4S. The largest absolute Gasteiger partial charge is 0.379 e. The van der Waals surface area contributed by atoms with Crippen LogP contribution in [-0.2, 0) is 32.5 Å². The second kappa shape index (κ2) is 10.2. The van der Waals surface area contributed by atoms with Crippen LogP contribution >= 0.6 is 0 Å². The van der Waals surface area contributed by atoms with Crippen molar-refractivity contribution in [3.8, 4) is 0 Å². The molecule has 4 rings (SSSR count). The number of amides is 1. The second-order valence-electron chi connectivity index (χ2n) is 8.35. The standard InChI is InChI=1S/C24H29FN4O4S/c1-3-10-29-22-7-6-19(34(31,32)28-11-13-33-14-12-28)16-21(22)26-23(29)8-9-24(30)27-20-15-18(25)5-4-17(20)2/h4-7,15-16H,3,8-14H2,1-2H3,(H,27,30). The molecule has 8 nitrogen and oxygen atoms in total. The average molecular weight is 489 g/mol. The number of rotatable bonds is 8. The van der Waals surface area contributed by atoms with Crippen molar-refractivity contribution in [1.82, 2.24) is 13.9 Å². The lowest BCUT2D eigenvalue weighted by Gasteiger charge is -2.26. The van der Waals surface area contributed by atoms with Gasteiger partial charge in [0.25, 0.3) is 0 Å². The molecular weight excluding hydrogens is 459 g/mol. The van der Waals surface area contributed by atoms with E-state index in [0.29, 0.717) is 56.3 Å². The predicted molar refractivity (Wildman–Crippen MR) is 128 cm³/mol. The van der Waals surface area contributed by atoms with Gasteiger partial charge in [-0.25, -0.2) is 17.8 Å². The van der Waals surface area contributed by atoms with Gasteiger partial charge < -0.3 is 14.6 Å². The van der Waals surface area contributed by atoms with Crippen molar-refractivity contribution < 1.29 is 22.3 Å².